The molecule has 0 spiro atoms. The van der Waals surface area contributed by atoms with Gasteiger partial charge in [-0.2, -0.15) is 0 Å². The number of fused-ring (bicyclic) bond motifs is 1. The van der Waals surface area contributed by atoms with Crippen molar-refractivity contribution in [3.05, 3.63) is 78.4 Å². The Bertz CT molecular complexity index is 1050. The average molecular weight is 358 g/mol. The van der Waals surface area contributed by atoms with Crippen molar-refractivity contribution in [2.45, 2.75) is 6.42 Å². The van der Waals surface area contributed by atoms with Crippen LogP contribution in [-0.2, 0) is 11.2 Å². The number of anilines is 1. The van der Waals surface area contributed by atoms with Crippen molar-refractivity contribution in [1.82, 2.24) is 4.98 Å². The summed E-state index contributed by atoms with van der Waals surface area (Å²) in [7, 11) is 1.60. The molecule has 4 aromatic rings. The Morgan fingerprint density at radius 3 is 2.52 bits per heavy atom. The molecule has 27 heavy (non-hydrogen) atoms. The minimum absolute atomic E-state index is 0.103. The third-order valence-electron chi connectivity index (χ3n) is 4.25. The zero-order valence-electron chi connectivity index (χ0n) is 14.8. The maximum atomic E-state index is 12.3. The number of amides is 1. The van der Waals surface area contributed by atoms with Crippen LogP contribution in [0.4, 0.5) is 5.69 Å². The van der Waals surface area contributed by atoms with E-state index in [1.54, 1.807) is 7.11 Å². The lowest BCUT2D eigenvalue weighted by Crippen LogP contribution is -2.14. The van der Waals surface area contributed by atoms with Crippen molar-refractivity contribution >= 4 is 22.7 Å². The highest BCUT2D eigenvalue weighted by molar-refractivity contribution is 5.92. The quantitative estimate of drug-likeness (QED) is 0.562. The van der Waals surface area contributed by atoms with Gasteiger partial charge in [-0.15, -0.1) is 0 Å². The number of nitrogens with zero attached hydrogens (tertiary/aromatic N) is 1. The van der Waals surface area contributed by atoms with Gasteiger partial charge in [-0.05, 0) is 42.5 Å². The normalized spacial score (nSPS) is 10.7. The van der Waals surface area contributed by atoms with E-state index in [1.165, 1.54) is 0 Å². The van der Waals surface area contributed by atoms with Gasteiger partial charge in [0.15, 0.2) is 5.58 Å². The van der Waals surface area contributed by atoms with E-state index >= 15 is 0 Å². The molecule has 0 unspecified atom stereocenters. The Balaban J connectivity index is 1.46. The van der Waals surface area contributed by atoms with Gasteiger partial charge in [-0.3, -0.25) is 4.79 Å². The summed E-state index contributed by atoms with van der Waals surface area (Å²) in [6, 6.07) is 22.6. The molecule has 0 radical (unpaired) electrons. The fraction of sp³-hybridized carbons (Fsp3) is 0.0909. The van der Waals surface area contributed by atoms with Gasteiger partial charge >= 0.3 is 0 Å². The number of hydrogen-bond acceptors (Lipinski definition) is 4. The van der Waals surface area contributed by atoms with Gasteiger partial charge in [0, 0.05) is 16.8 Å². The molecule has 134 valence electrons. The summed E-state index contributed by atoms with van der Waals surface area (Å²) in [6.07, 6.45) is 0.247. The number of nitrogens with one attached hydrogen (secondary N) is 1. The Morgan fingerprint density at radius 1 is 1.00 bits per heavy atom. The van der Waals surface area contributed by atoms with Crippen LogP contribution in [0.1, 0.15) is 5.56 Å². The van der Waals surface area contributed by atoms with Gasteiger partial charge in [-0.25, -0.2) is 4.98 Å². The molecule has 5 nitrogen and oxygen atoms in total. The summed E-state index contributed by atoms with van der Waals surface area (Å²) >= 11 is 0. The van der Waals surface area contributed by atoms with Gasteiger partial charge in [0.2, 0.25) is 11.8 Å². The third kappa shape index (κ3) is 3.67. The Hall–Kier alpha value is -3.60. The van der Waals surface area contributed by atoms with E-state index in [0.29, 0.717) is 11.6 Å². The number of carbonyl (C=O) groups is 1. The number of ether oxygens (including phenoxy) is 1. The Labute approximate surface area is 156 Å². The number of methoxy groups -OCH3 is 1. The monoisotopic (exact) mass is 358 g/mol. The van der Waals surface area contributed by atoms with Gasteiger partial charge in [0.1, 0.15) is 11.3 Å². The fourth-order valence-electron chi connectivity index (χ4n) is 2.92. The summed E-state index contributed by atoms with van der Waals surface area (Å²) in [6.45, 7) is 0. The van der Waals surface area contributed by atoms with E-state index in [0.717, 1.165) is 27.9 Å². The van der Waals surface area contributed by atoms with Gasteiger partial charge < -0.3 is 14.5 Å². The first kappa shape index (κ1) is 16.8. The Kier molecular flexibility index (Phi) is 4.58. The molecule has 1 N–H and O–H groups in total. The first-order valence-corrected chi connectivity index (χ1v) is 8.61. The molecule has 0 aliphatic rings. The molecule has 0 saturated carbocycles. The van der Waals surface area contributed by atoms with Crippen LogP contribution < -0.4 is 10.1 Å². The van der Waals surface area contributed by atoms with Crippen LogP contribution in [0, 0.1) is 0 Å². The highest BCUT2D eigenvalue weighted by Crippen LogP contribution is 2.25. The average Bonchev–Trinajstić information content (AvgIpc) is 3.13. The zero-order chi connectivity index (χ0) is 18.6. The van der Waals surface area contributed by atoms with E-state index < -0.39 is 0 Å². The van der Waals surface area contributed by atoms with Crippen LogP contribution in [0.15, 0.2) is 77.2 Å². The number of aromatic nitrogens is 1. The van der Waals surface area contributed by atoms with Crippen LogP contribution in [0.3, 0.4) is 0 Å². The SMILES string of the molecule is COc1ccccc1CC(=O)Nc1ccc(-c2nc3ccccc3o2)cc1. The van der Waals surface area contributed by atoms with Crippen LogP contribution in [-0.4, -0.2) is 18.0 Å². The van der Waals surface area contributed by atoms with E-state index in [2.05, 4.69) is 10.3 Å². The molecule has 0 atom stereocenters. The maximum Gasteiger partial charge on any atom is 0.228 e. The zero-order valence-corrected chi connectivity index (χ0v) is 14.8. The van der Waals surface area contributed by atoms with Crippen LogP contribution in [0.5, 0.6) is 5.75 Å². The second-order valence-corrected chi connectivity index (χ2v) is 6.10. The first-order chi connectivity index (χ1) is 13.2. The molecular formula is C22H18N2O3. The maximum absolute atomic E-state index is 12.3. The molecule has 1 heterocycles. The fourth-order valence-corrected chi connectivity index (χ4v) is 2.92. The summed E-state index contributed by atoms with van der Waals surface area (Å²) in [5.74, 6) is 1.16. The first-order valence-electron chi connectivity index (χ1n) is 8.61. The predicted molar refractivity (Wildman–Crippen MR) is 105 cm³/mol. The Morgan fingerprint density at radius 2 is 1.74 bits per heavy atom. The number of rotatable bonds is 5. The molecule has 1 aromatic heterocycles. The van der Waals surface area contributed by atoms with Crippen molar-refractivity contribution in [1.29, 1.82) is 0 Å². The largest absolute Gasteiger partial charge is 0.496 e. The van der Waals surface area contributed by atoms with Crippen LogP contribution in [0.2, 0.25) is 0 Å². The molecular weight excluding hydrogens is 340 g/mol. The van der Waals surface area contributed by atoms with E-state index in [4.69, 9.17) is 9.15 Å². The van der Waals surface area contributed by atoms with Crippen molar-refractivity contribution in [2.24, 2.45) is 0 Å². The summed E-state index contributed by atoms with van der Waals surface area (Å²) in [5.41, 5.74) is 3.99. The standard InChI is InChI=1S/C22H18N2O3/c1-26-19-8-4-2-6-16(19)14-21(25)23-17-12-10-15(11-13-17)22-24-18-7-3-5-9-20(18)27-22/h2-13H,14H2,1H3,(H,23,25). The molecule has 5 heteroatoms. The highest BCUT2D eigenvalue weighted by Gasteiger charge is 2.10. The second kappa shape index (κ2) is 7.33. The molecule has 0 aliphatic carbocycles. The lowest BCUT2D eigenvalue weighted by molar-refractivity contribution is -0.115. The number of carbonyl (C=O) groups excluding carboxylic acids is 1. The van der Waals surface area contributed by atoms with E-state index in [-0.39, 0.29) is 12.3 Å². The molecule has 0 bridgehead atoms. The molecule has 0 fully saturated rings. The second-order valence-electron chi connectivity index (χ2n) is 6.10. The molecule has 0 aliphatic heterocycles. The lowest BCUT2D eigenvalue weighted by Gasteiger charge is -2.09. The topological polar surface area (TPSA) is 64.4 Å². The van der Waals surface area contributed by atoms with E-state index in [1.807, 2.05) is 72.8 Å². The number of oxazole rings is 1. The molecule has 4 rings (SSSR count). The smallest absolute Gasteiger partial charge is 0.228 e. The van der Waals surface area contributed by atoms with Crippen molar-refractivity contribution < 1.29 is 13.9 Å². The third-order valence-corrected chi connectivity index (χ3v) is 4.25. The number of hydrogen-bond donors (Lipinski definition) is 1. The molecule has 1 amide bonds. The molecule has 3 aromatic carbocycles. The molecule has 0 saturated heterocycles. The van der Waals surface area contributed by atoms with Crippen molar-refractivity contribution in [3.8, 4) is 17.2 Å². The minimum atomic E-state index is -0.103. The summed E-state index contributed by atoms with van der Waals surface area (Å²) < 4.78 is 11.1. The number of benzene rings is 3. The summed E-state index contributed by atoms with van der Waals surface area (Å²) in [5, 5.41) is 2.90. The predicted octanol–water partition coefficient (Wildman–Crippen LogP) is 4.68. The van der Waals surface area contributed by atoms with E-state index in [9.17, 15) is 4.79 Å². The minimum Gasteiger partial charge on any atom is -0.496 e. The van der Waals surface area contributed by atoms with Gasteiger partial charge in [0.05, 0.1) is 13.5 Å². The van der Waals surface area contributed by atoms with Crippen LogP contribution in [0.25, 0.3) is 22.6 Å². The highest BCUT2D eigenvalue weighted by atomic mass is 16.5. The summed E-state index contributed by atoms with van der Waals surface area (Å²) in [4.78, 5) is 16.8. The van der Waals surface area contributed by atoms with Crippen molar-refractivity contribution in [2.75, 3.05) is 12.4 Å². The number of para-hydroxylation sites is 3. The van der Waals surface area contributed by atoms with Crippen LogP contribution >= 0.6 is 0 Å². The van der Waals surface area contributed by atoms with Crippen molar-refractivity contribution in [3.63, 3.8) is 0 Å². The van der Waals surface area contributed by atoms with Gasteiger partial charge in [0.25, 0.3) is 0 Å². The van der Waals surface area contributed by atoms with Gasteiger partial charge in [-0.1, -0.05) is 30.3 Å². The lowest BCUT2D eigenvalue weighted by atomic mass is 10.1.